The highest BCUT2D eigenvalue weighted by atomic mass is 16.5. The third-order valence-electron chi connectivity index (χ3n) is 3.54. The lowest BCUT2D eigenvalue weighted by Gasteiger charge is -2.27. The van der Waals surface area contributed by atoms with Crippen LogP contribution in [0.4, 0.5) is 5.69 Å². The maximum atomic E-state index is 12.0. The summed E-state index contributed by atoms with van der Waals surface area (Å²) in [6.45, 7) is 2.43. The van der Waals surface area contributed by atoms with Crippen molar-refractivity contribution in [1.82, 2.24) is 4.90 Å². The quantitative estimate of drug-likeness (QED) is 0.830. The van der Waals surface area contributed by atoms with E-state index in [-0.39, 0.29) is 12.5 Å². The predicted molar refractivity (Wildman–Crippen MR) is 77.5 cm³/mol. The molecule has 0 bridgehead atoms. The van der Waals surface area contributed by atoms with E-state index in [1.54, 1.807) is 29.2 Å². The highest BCUT2D eigenvalue weighted by molar-refractivity contribution is 5.77. The lowest BCUT2D eigenvalue weighted by atomic mass is 10.00. The van der Waals surface area contributed by atoms with Gasteiger partial charge in [-0.15, -0.1) is 0 Å². The van der Waals surface area contributed by atoms with E-state index in [2.05, 4.69) is 0 Å². The van der Waals surface area contributed by atoms with Crippen LogP contribution in [0.5, 0.6) is 5.75 Å². The van der Waals surface area contributed by atoms with E-state index < -0.39 is 0 Å². The molecular formula is C15H22N2O3. The molecule has 0 atom stereocenters. The molecule has 0 aromatic heterocycles. The van der Waals surface area contributed by atoms with E-state index in [0.717, 1.165) is 32.6 Å². The minimum absolute atomic E-state index is 0.00619. The number of hydrogen-bond acceptors (Lipinski definition) is 4. The number of carbonyl (C=O) groups is 1. The van der Waals surface area contributed by atoms with Crippen LogP contribution in [0.2, 0.25) is 0 Å². The summed E-state index contributed by atoms with van der Waals surface area (Å²) >= 11 is 0. The van der Waals surface area contributed by atoms with Crippen molar-refractivity contribution >= 4 is 11.6 Å². The molecule has 0 spiro atoms. The van der Waals surface area contributed by atoms with Gasteiger partial charge in [-0.05, 0) is 43.0 Å². The van der Waals surface area contributed by atoms with Crippen molar-refractivity contribution in [2.45, 2.75) is 12.8 Å². The molecule has 0 saturated carbocycles. The fourth-order valence-electron chi connectivity index (χ4n) is 2.24. The largest absolute Gasteiger partial charge is 0.484 e. The second-order valence-electron chi connectivity index (χ2n) is 5.19. The average molecular weight is 278 g/mol. The van der Waals surface area contributed by atoms with Crippen LogP contribution in [-0.2, 0) is 9.53 Å². The standard InChI is InChI=1S/C15H22N2O3/c1-17(10-12-6-8-19-9-7-12)15(18)11-20-14-4-2-13(16)3-5-14/h2-5,12H,6-11,16H2,1H3. The van der Waals surface area contributed by atoms with Gasteiger partial charge in [-0.2, -0.15) is 0 Å². The Labute approximate surface area is 119 Å². The molecule has 2 rings (SSSR count). The topological polar surface area (TPSA) is 64.8 Å². The number of ether oxygens (including phenoxy) is 2. The highest BCUT2D eigenvalue weighted by Crippen LogP contribution is 2.16. The summed E-state index contributed by atoms with van der Waals surface area (Å²) < 4.78 is 10.8. The van der Waals surface area contributed by atoms with E-state index in [1.807, 2.05) is 7.05 Å². The minimum Gasteiger partial charge on any atom is -0.484 e. The summed E-state index contributed by atoms with van der Waals surface area (Å²) in [5.74, 6) is 1.19. The Hall–Kier alpha value is -1.75. The summed E-state index contributed by atoms with van der Waals surface area (Å²) in [7, 11) is 1.82. The number of carbonyl (C=O) groups excluding carboxylic acids is 1. The molecule has 1 heterocycles. The van der Waals surface area contributed by atoms with Gasteiger partial charge in [0.2, 0.25) is 0 Å². The number of nitrogens with zero attached hydrogens (tertiary/aromatic N) is 1. The SMILES string of the molecule is CN(CC1CCOCC1)C(=O)COc1ccc(N)cc1. The van der Waals surface area contributed by atoms with Gasteiger partial charge in [-0.3, -0.25) is 4.79 Å². The maximum absolute atomic E-state index is 12.0. The Bertz CT molecular complexity index is 427. The normalized spacial score (nSPS) is 15.8. The average Bonchev–Trinajstić information content (AvgIpc) is 2.47. The molecule has 0 radical (unpaired) electrons. The van der Waals surface area contributed by atoms with Crippen molar-refractivity contribution in [2.24, 2.45) is 5.92 Å². The molecule has 110 valence electrons. The Morgan fingerprint density at radius 1 is 1.35 bits per heavy atom. The van der Waals surface area contributed by atoms with E-state index >= 15 is 0 Å². The highest BCUT2D eigenvalue weighted by Gasteiger charge is 2.18. The second kappa shape index (κ2) is 7.14. The van der Waals surface area contributed by atoms with Crippen LogP contribution in [-0.4, -0.2) is 44.2 Å². The van der Waals surface area contributed by atoms with Crippen LogP contribution >= 0.6 is 0 Å². The van der Waals surface area contributed by atoms with Gasteiger partial charge in [-0.1, -0.05) is 0 Å². The lowest BCUT2D eigenvalue weighted by Crippen LogP contribution is -2.36. The zero-order valence-corrected chi connectivity index (χ0v) is 11.9. The smallest absolute Gasteiger partial charge is 0.260 e. The molecule has 1 aromatic carbocycles. The van der Waals surface area contributed by atoms with E-state index in [0.29, 0.717) is 17.4 Å². The Morgan fingerprint density at radius 3 is 2.65 bits per heavy atom. The summed E-state index contributed by atoms with van der Waals surface area (Å²) in [6.07, 6.45) is 2.05. The molecule has 2 N–H and O–H groups in total. The third kappa shape index (κ3) is 4.42. The van der Waals surface area contributed by atoms with Gasteiger partial charge < -0.3 is 20.1 Å². The fourth-order valence-corrected chi connectivity index (χ4v) is 2.24. The molecule has 5 nitrogen and oxygen atoms in total. The van der Waals surface area contributed by atoms with Crippen LogP contribution in [0.3, 0.4) is 0 Å². The van der Waals surface area contributed by atoms with Gasteiger partial charge in [-0.25, -0.2) is 0 Å². The van der Waals surface area contributed by atoms with E-state index in [9.17, 15) is 4.79 Å². The summed E-state index contributed by atoms with van der Waals surface area (Å²) in [4.78, 5) is 13.7. The van der Waals surface area contributed by atoms with Crippen molar-refractivity contribution in [1.29, 1.82) is 0 Å². The van der Waals surface area contributed by atoms with Gasteiger partial charge in [0.25, 0.3) is 5.91 Å². The number of amides is 1. The molecule has 5 heteroatoms. The van der Waals surface area contributed by atoms with Crippen LogP contribution in [0.1, 0.15) is 12.8 Å². The van der Waals surface area contributed by atoms with Crippen molar-refractivity contribution in [3.05, 3.63) is 24.3 Å². The van der Waals surface area contributed by atoms with Gasteiger partial charge in [0.1, 0.15) is 5.75 Å². The summed E-state index contributed by atoms with van der Waals surface area (Å²) in [6, 6.07) is 7.04. The fraction of sp³-hybridized carbons (Fsp3) is 0.533. The predicted octanol–water partition coefficient (Wildman–Crippen LogP) is 1.53. The molecular weight excluding hydrogens is 256 g/mol. The first-order chi connectivity index (χ1) is 9.65. The first-order valence-electron chi connectivity index (χ1n) is 6.95. The zero-order valence-electron chi connectivity index (χ0n) is 11.9. The molecule has 1 aliphatic rings. The van der Waals surface area contributed by atoms with Crippen molar-refractivity contribution < 1.29 is 14.3 Å². The Morgan fingerprint density at radius 2 is 2.00 bits per heavy atom. The number of nitrogen functional groups attached to an aromatic ring is 1. The number of benzene rings is 1. The Balaban J connectivity index is 1.74. The monoisotopic (exact) mass is 278 g/mol. The molecule has 20 heavy (non-hydrogen) atoms. The lowest BCUT2D eigenvalue weighted by molar-refractivity contribution is -0.133. The first kappa shape index (κ1) is 14.7. The van der Waals surface area contributed by atoms with Crippen LogP contribution in [0, 0.1) is 5.92 Å². The zero-order chi connectivity index (χ0) is 14.4. The van der Waals surface area contributed by atoms with Crippen molar-refractivity contribution in [3.63, 3.8) is 0 Å². The number of rotatable bonds is 5. The van der Waals surface area contributed by atoms with E-state index in [1.165, 1.54) is 0 Å². The van der Waals surface area contributed by atoms with E-state index in [4.69, 9.17) is 15.2 Å². The molecule has 1 aliphatic heterocycles. The number of likely N-dealkylation sites (N-methyl/N-ethyl adjacent to an activating group) is 1. The minimum atomic E-state index is -0.00619. The molecule has 1 fully saturated rings. The van der Waals surface area contributed by atoms with Gasteiger partial charge in [0, 0.05) is 32.5 Å². The van der Waals surface area contributed by atoms with Crippen LogP contribution in [0.25, 0.3) is 0 Å². The number of anilines is 1. The van der Waals surface area contributed by atoms with Gasteiger partial charge in [0.05, 0.1) is 0 Å². The molecule has 1 saturated heterocycles. The van der Waals surface area contributed by atoms with Crippen LogP contribution < -0.4 is 10.5 Å². The molecule has 0 unspecified atom stereocenters. The van der Waals surface area contributed by atoms with Crippen molar-refractivity contribution in [3.8, 4) is 5.75 Å². The first-order valence-corrected chi connectivity index (χ1v) is 6.95. The van der Waals surface area contributed by atoms with Crippen LogP contribution in [0.15, 0.2) is 24.3 Å². The van der Waals surface area contributed by atoms with Crippen molar-refractivity contribution in [2.75, 3.05) is 39.1 Å². The number of nitrogens with two attached hydrogens (primary N) is 1. The summed E-state index contributed by atoms with van der Waals surface area (Å²) in [5, 5.41) is 0. The second-order valence-corrected chi connectivity index (χ2v) is 5.19. The Kier molecular flexibility index (Phi) is 5.24. The molecule has 1 aromatic rings. The van der Waals surface area contributed by atoms with Gasteiger partial charge >= 0.3 is 0 Å². The van der Waals surface area contributed by atoms with Gasteiger partial charge in [0.15, 0.2) is 6.61 Å². The number of hydrogen-bond donors (Lipinski definition) is 1. The molecule has 1 amide bonds. The summed E-state index contributed by atoms with van der Waals surface area (Å²) in [5.41, 5.74) is 6.27. The maximum Gasteiger partial charge on any atom is 0.260 e. The third-order valence-corrected chi connectivity index (χ3v) is 3.54. The molecule has 0 aliphatic carbocycles.